The van der Waals surface area contributed by atoms with Gasteiger partial charge in [0, 0.05) is 0 Å². The fraction of sp³-hybridized carbons (Fsp3) is 0.800. The zero-order valence-corrected chi connectivity index (χ0v) is 6.60. The average molecular weight is 136 g/mol. The number of hydrogen-bond acceptors (Lipinski definition) is 0. The predicted octanol–water partition coefficient (Wildman–Crippen LogP) is 3.14. The van der Waals surface area contributed by atoms with Crippen molar-refractivity contribution in [2.24, 2.45) is 11.8 Å². The van der Waals surface area contributed by atoms with Crippen LogP contribution in [0.1, 0.15) is 38.5 Å². The molecule has 0 radical (unpaired) electrons. The Kier molecular flexibility index (Phi) is 1.55. The van der Waals surface area contributed by atoms with Gasteiger partial charge in [0.05, 0.1) is 0 Å². The second-order valence-corrected chi connectivity index (χ2v) is 3.83. The van der Waals surface area contributed by atoms with E-state index in [9.17, 15) is 0 Å². The van der Waals surface area contributed by atoms with E-state index in [2.05, 4.69) is 6.58 Å². The highest BCUT2D eigenvalue weighted by Gasteiger charge is 2.30. The number of allylic oxidation sites excluding steroid dienone is 1. The van der Waals surface area contributed by atoms with Crippen LogP contribution in [0.2, 0.25) is 0 Å². The molecule has 2 saturated carbocycles. The average Bonchev–Trinajstić information content (AvgIpc) is 2.65. The summed E-state index contributed by atoms with van der Waals surface area (Å²) in [5, 5.41) is 0. The standard InChI is InChI=1S/C10H16/c1-8(10-6-7-10)9-4-2-3-5-9/h9-10H,1-7H2. The van der Waals surface area contributed by atoms with Crippen LogP contribution in [-0.4, -0.2) is 0 Å². The van der Waals surface area contributed by atoms with Crippen LogP contribution in [0.15, 0.2) is 12.2 Å². The van der Waals surface area contributed by atoms with Crippen LogP contribution in [0.3, 0.4) is 0 Å². The van der Waals surface area contributed by atoms with Crippen LogP contribution in [0.25, 0.3) is 0 Å². The van der Waals surface area contributed by atoms with Crippen molar-refractivity contribution in [3.05, 3.63) is 12.2 Å². The van der Waals surface area contributed by atoms with Crippen LogP contribution in [0.5, 0.6) is 0 Å². The highest BCUT2D eigenvalue weighted by molar-refractivity contribution is 5.12. The molecule has 2 rings (SSSR count). The summed E-state index contributed by atoms with van der Waals surface area (Å²) in [7, 11) is 0. The van der Waals surface area contributed by atoms with Crippen molar-refractivity contribution in [2.45, 2.75) is 38.5 Å². The molecular formula is C10H16. The van der Waals surface area contributed by atoms with Gasteiger partial charge < -0.3 is 0 Å². The van der Waals surface area contributed by atoms with Crippen molar-refractivity contribution < 1.29 is 0 Å². The zero-order valence-electron chi connectivity index (χ0n) is 6.60. The third-order valence-electron chi connectivity index (χ3n) is 2.98. The van der Waals surface area contributed by atoms with Gasteiger partial charge in [-0.25, -0.2) is 0 Å². The van der Waals surface area contributed by atoms with E-state index in [0.29, 0.717) is 0 Å². The molecule has 2 fully saturated rings. The largest absolute Gasteiger partial charge is 0.0993 e. The number of hydrogen-bond donors (Lipinski definition) is 0. The van der Waals surface area contributed by atoms with E-state index >= 15 is 0 Å². The molecule has 0 aromatic heterocycles. The van der Waals surface area contributed by atoms with Crippen LogP contribution >= 0.6 is 0 Å². The maximum Gasteiger partial charge on any atom is -0.0203 e. The van der Waals surface area contributed by atoms with Crippen molar-refractivity contribution >= 4 is 0 Å². The SMILES string of the molecule is C=C(C1CCCC1)C1CC1. The molecule has 0 amide bonds. The molecule has 0 unspecified atom stereocenters. The molecule has 2 aliphatic carbocycles. The maximum absolute atomic E-state index is 4.20. The van der Waals surface area contributed by atoms with E-state index in [0.717, 1.165) is 11.8 Å². The van der Waals surface area contributed by atoms with Crippen LogP contribution in [-0.2, 0) is 0 Å². The number of rotatable bonds is 2. The monoisotopic (exact) mass is 136 g/mol. The molecule has 0 N–H and O–H groups in total. The first-order valence-corrected chi connectivity index (χ1v) is 4.56. The Morgan fingerprint density at radius 2 is 1.40 bits per heavy atom. The maximum atomic E-state index is 4.20. The van der Waals surface area contributed by atoms with Crippen molar-refractivity contribution in [1.29, 1.82) is 0 Å². The van der Waals surface area contributed by atoms with Gasteiger partial charge in [0.2, 0.25) is 0 Å². The molecule has 0 heterocycles. The normalized spacial score (nSPS) is 27.2. The third-order valence-corrected chi connectivity index (χ3v) is 2.98. The van der Waals surface area contributed by atoms with Gasteiger partial charge in [-0.3, -0.25) is 0 Å². The molecule has 0 spiro atoms. The van der Waals surface area contributed by atoms with Gasteiger partial charge in [0.25, 0.3) is 0 Å². The van der Waals surface area contributed by atoms with Crippen molar-refractivity contribution in [3.63, 3.8) is 0 Å². The second kappa shape index (κ2) is 2.41. The molecule has 2 aliphatic rings. The summed E-state index contributed by atoms with van der Waals surface area (Å²) in [6.45, 7) is 4.20. The lowest BCUT2D eigenvalue weighted by atomic mass is 9.95. The highest BCUT2D eigenvalue weighted by atomic mass is 14.4. The van der Waals surface area contributed by atoms with E-state index < -0.39 is 0 Å². The molecule has 0 nitrogen and oxygen atoms in total. The Morgan fingerprint density at radius 1 is 0.900 bits per heavy atom. The smallest absolute Gasteiger partial charge is 0.0203 e. The Hall–Kier alpha value is -0.260. The van der Waals surface area contributed by atoms with Gasteiger partial charge in [0.1, 0.15) is 0 Å². The third kappa shape index (κ3) is 1.12. The van der Waals surface area contributed by atoms with Crippen LogP contribution < -0.4 is 0 Å². The molecule has 0 saturated heterocycles. The van der Waals surface area contributed by atoms with Crippen LogP contribution in [0, 0.1) is 11.8 Å². The van der Waals surface area contributed by atoms with Gasteiger partial charge in [-0.05, 0) is 37.5 Å². The fourth-order valence-corrected chi connectivity index (χ4v) is 2.08. The van der Waals surface area contributed by atoms with Gasteiger partial charge >= 0.3 is 0 Å². The lowest BCUT2D eigenvalue weighted by Crippen LogP contribution is -1.98. The van der Waals surface area contributed by atoms with Gasteiger partial charge in [-0.1, -0.05) is 25.0 Å². The molecule has 10 heavy (non-hydrogen) atoms. The minimum absolute atomic E-state index is 0.924. The zero-order chi connectivity index (χ0) is 6.97. The summed E-state index contributed by atoms with van der Waals surface area (Å²) in [4.78, 5) is 0. The molecule has 0 heteroatoms. The Morgan fingerprint density at radius 3 is 1.90 bits per heavy atom. The van der Waals surface area contributed by atoms with E-state index in [-0.39, 0.29) is 0 Å². The molecule has 0 aliphatic heterocycles. The van der Waals surface area contributed by atoms with E-state index in [4.69, 9.17) is 0 Å². The molecule has 0 bridgehead atoms. The van der Waals surface area contributed by atoms with Crippen LogP contribution in [0.4, 0.5) is 0 Å². The van der Waals surface area contributed by atoms with E-state index in [1.807, 2.05) is 0 Å². The minimum Gasteiger partial charge on any atom is -0.0993 e. The first-order chi connectivity index (χ1) is 4.88. The highest BCUT2D eigenvalue weighted by Crippen LogP contribution is 2.43. The first-order valence-electron chi connectivity index (χ1n) is 4.56. The first kappa shape index (κ1) is 6.45. The van der Waals surface area contributed by atoms with Gasteiger partial charge in [-0.2, -0.15) is 0 Å². The second-order valence-electron chi connectivity index (χ2n) is 3.83. The molecule has 0 aromatic rings. The van der Waals surface area contributed by atoms with Gasteiger partial charge in [0.15, 0.2) is 0 Å². The molecule has 0 aromatic carbocycles. The Labute approximate surface area is 63.3 Å². The molecule has 0 atom stereocenters. The summed E-state index contributed by atoms with van der Waals surface area (Å²) >= 11 is 0. The Balaban J connectivity index is 1.90. The summed E-state index contributed by atoms with van der Waals surface area (Å²) in [6, 6.07) is 0. The van der Waals surface area contributed by atoms with Crippen molar-refractivity contribution in [3.8, 4) is 0 Å². The lowest BCUT2D eigenvalue weighted by Gasteiger charge is -2.10. The van der Waals surface area contributed by atoms with Crippen molar-refractivity contribution in [1.82, 2.24) is 0 Å². The topological polar surface area (TPSA) is 0 Å². The quantitative estimate of drug-likeness (QED) is 0.511. The lowest BCUT2D eigenvalue weighted by molar-refractivity contribution is 0.607. The summed E-state index contributed by atoms with van der Waals surface area (Å²) in [5.41, 5.74) is 1.59. The van der Waals surface area contributed by atoms with E-state index in [1.165, 1.54) is 38.5 Å². The summed E-state index contributed by atoms with van der Waals surface area (Å²) < 4.78 is 0. The molecule has 56 valence electrons. The summed E-state index contributed by atoms with van der Waals surface area (Å²) in [6.07, 6.45) is 8.67. The predicted molar refractivity (Wildman–Crippen MR) is 43.8 cm³/mol. The molecular weight excluding hydrogens is 120 g/mol. The summed E-state index contributed by atoms with van der Waals surface area (Å²) in [5.74, 6) is 1.87. The fourth-order valence-electron chi connectivity index (χ4n) is 2.08. The van der Waals surface area contributed by atoms with Gasteiger partial charge in [-0.15, -0.1) is 0 Å². The minimum atomic E-state index is 0.924. The Bertz CT molecular complexity index is 136. The van der Waals surface area contributed by atoms with E-state index in [1.54, 1.807) is 5.57 Å². The van der Waals surface area contributed by atoms with Crippen molar-refractivity contribution in [2.75, 3.05) is 0 Å².